The van der Waals surface area contributed by atoms with Crippen LogP contribution in [0, 0.1) is 0 Å². The zero-order valence-electron chi connectivity index (χ0n) is 27.4. The molecule has 0 aromatic heterocycles. The normalized spacial score (nSPS) is 12.2. The summed E-state index contributed by atoms with van der Waals surface area (Å²) in [5, 5.41) is 17.2. The Morgan fingerprint density at radius 1 is 0.391 bits per heavy atom. The van der Waals surface area contributed by atoms with Crippen molar-refractivity contribution in [3.05, 3.63) is 35.9 Å². The van der Waals surface area contributed by atoms with Crippen LogP contribution in [-0.4, -0.2) is 175 Å². The van der Waals surface area contributed by atoms with E-state index >= 15 is 0 Å². The maximum atomic E-state index is 8.62. The van der Waals surface area contributed by atoms with Gasteiger partial charge in [-0.25, -0.2) is 0 Å². The van der Waals surface area contributed by atoms with Crippen LogP contribution in [0.15, 0.2) is 30.3 Å². The van der Waals surface area contributed by atoms with Gasteiger partial charge in [0.2, 0.25) is 0 Å². The van der Waals surface area contributed by atoms with E-state index in [4.69, 9.17) is 67.1 Å². The minimum Gasteiger partial charge on any atom is -0.394 e. The minimum absolute atomic E-state index is 0.0168. The number of hydrogen-bond acceptors (Lipinski definition) is 14. The molecule has 0 aliphatic carbocycles. The number of benzene rings is 1. The molecular formula is C32H58O14. The number of rotatable bonds is 38. The van der Waals surface area contributed by atoms with Crippen molar-refractivity contribution >= 4 is 0 Å². The first-order valence-electron chi connectivity index (χ1n) is 16.1. The highest BCUT2D eigenvalue weighted by atomic mass is 16.7. The summed E-state index contributed by atoms with van der Waals surface area (Å²) in [4.78, 5) is 0. The van der Waals surface area contributed by atoms with Gasteiger partial charge in [-0.3, -0.25) is 0 Å². The van der Waals surface area contributed by atoms with Crippen molar-refractivity contribution in [2.45, 2.75) is 12.5 Å². The van der Waals surface area contributed by atoms with Gasteiger partial charge in [-0.1, -0.05) is 30.3 Å². The molecule has 1 rings (SSSR count). The van der Waals surface area contributed by atoms with Crippen LogP contribution < -0.4 is 0 Å². The standard InChI is InChI=1S/C32H58O14/c33-6-8-35-10-12-37-14-16-39-18-19-40-20-22-42-24-26-44-29-32(28-31-4-2-1-3-5-31)46-30-45-27-25-43-23-21-41-17-15-38-13-11-36-9-7-34/h1-5,32-34H,6-30H2. The lowest BCUT2D eigenvalue weighted by molar-refractivity contribution is -0.120. The quantitative estimate of drug-likeness (QED) is 0.0754. The van der Waals surface area contributed by atoms with E-state index in [-0.39, 0.29) is 26.1 Å². The Bertz CT molecular complexity index is 703. The van der Waals surface area contributed by atoms with Crippen LogP contribution in [0.1, 0.15) is 5.56 Å². The van der Waals surface area contributed by atoms with Gasteiger partial charge in [0, 0.05) is 6.42 Å². The Kier molecular flexibility index (Phi) is 33.9. The molecule has 1 aromatic carbocycles. The molecule has 14 nitrogen and oxygen atoms in total. The Morgan fingerprint density at radius 3 is 1.09 bits per heavy atom. The van der Waals surface area contributed by atoms with Crippen LogP contribution in [0.4, 0.5) is 0 Å². The van der Waals surface area contributed by atoms with E-state index in [0.717, 1.165) is 5.56 Å². The zero-order chi connectivity index (χ0) is 32.9. The molecule has 0 radical (unpaired) electrons. The number of ether oxygens (including phenoxy) is 12. The Labute approximate surface area is 274 Å². The van der Waals surface area contributed by atoms with Gasteiger partial charge in [-0.2, -0.15) is 0 Å². The third kappa shape index (κ3) is 31.3. The molecule has 0 bridgehead atoms. The Balaban J connectivity index is 1.96. The highest BCUT2D eigenvalue weighted by molar-refractivity contribution is 5.15. The third-order valence-electron chi connectivity index (χ3n) is 5.82. The molecule has 0 saturated heterocycles. The van der Waals surface area contributed by atoms with Crippen molar-refractivity contribution in [3.8, 4) is 0 Å². The fourth-order valence-corrected chi connectivity index (χ4v) is 3.57. The summed E-state index contributed by atoms with van der Waals surface area (Å²) in [5.74, 6) is 0. The van der Waals surface area contributed by atoms with Gasteiger partial charge < -0.3 is 67.1 Å². The monoisotopic (exact) mass is 666 g/mol. The second-order valence-electron chi connectivity index (χ2n) is 9.54. The summed E-state index contributed by atoms with van der Waals surface area (Å²) in [6.07, 6.45) is 0.549. The summed E-state index contributed by atoms with van der Waals surface area (Å²) in [6, 6.07) is 10.1. The van der Waals surface area contributed by atoms with Crippen molar-refractivity contribution < 1.29 is 67.1 Å². The van der Waals surface area contributed by atoms with Crippen molar-refractivity contribution in [1.29, 1.82) is 0 Å². The fraction of sp³-hybridized carbons (Fsp3) is 0.812. The molecule has 0 aliphatic heterocycles. The second kappa shape index (κ2) is 36.5. The van der Waals surface area contributed by atoms with E-state index in [0.29, 0.717) is 145 Å². The number of aliphatic hydroxyl groups excluding tert-OH is 2. The first kappa shape index (κ1) is 42.7. The lowest BCUT2D eigenvalue weighted by atomic mass is 10.1. The molecule has 0 aliphatic rings. The molecule has 0 heterocycles. The Hall–Kier alpha value is -1.34. The lowest BCUT2D eigenvalue weighted by Gasteiger charge is -2.18. The fourth-order valence-electron chi connectivity index (χ4n) is 3.57. The maximum Gasteiger partial charge on any atom is 0.147 e. The van der Waals surface area contributed by atoms with Gasteiger partial charge in [-0.15, -0.1) is 0 Å². The van der Waals surface area contributed by atoms with Crippen LogP contribution in [-0.2, 0) is 63.3 Å². The van der Waals surface area contributed by atoms with Crippen molar-refractivity contribution in [3.63, 3.8) is 0 Å². The molecule has 1 atom stereocenters. The van der Waals surface area contributed by atoms with E-state index in [1.54, 1.807) is 0 Å². The summed E-state index contributed by atoms with van der Waals surface area (Å²) < 4.78 is 65.7. The lowest BCUT2D eigenvalue weighted by Crippen LogP contribution is -2.25. The largest absolute Gasteiger partial charge is 0.394 e. The van der Waals surface area contributed by atoms with Crippen LogP contribution >= 0.6 is 0 Å². The van der Waals surface area contributed by atoms with Gasteiger partial charge >= 0.3 is 0 Å². The van der Waals surface area contributed by atoms with Crippen LogP contribution in [0.5, 0.6) is 0 Å². The maximum absolute atomic E-state index is 8.62. The molecule has 14 heteroatoms. The number of hydrogen-bond donors (Lipinski definition) is 2. The van der Waals surface area contributed by atoms with Gasteiger partial charge in [0.05, 0.1) is 158 Å². The van der Waals surface area contributed by atoms with Gasteiger partial charge in [0.1, 0.15) is 6.79 Å². The van der Waals surface area contributed by atoms with Gasteiger partial charge in [-0.05, 0) is 5.56 Å². The summed E-state index contributed by atoms with van der Waals surface area (Å²) in [5.41, 5.74) is 1.16. The molecule has 2 N–H and O–H groups in total. The van der Waals surface area contributed by atoms with Crippen LogP contribution in [0.2, 0.25) is 0 Å². The van der Waals surface area contributed by atoms with Gasteiger partial charge in [0.15, 0.2) is 0 Å². The molecule has 0 fully saturated rings. The molecule has 0 spiro atoms. The van der Waals surface area contributed by atoms with E-state index in [1.165, 1.54) is 0 Å². The first-order chi connectivity index (χ1) is 22.9. The first-order valence-corrected chi connectivity index (χ1v) is 16.1. The predicted octanol–water partition coefficient (Wildman–Crippen LogP) is 0.739. The Morgan fingerprint density at radius 2 is 0.717 bits per heavy atom. The van der Waals surface area contributed by atoms with Crippen molar-refractivity contribution in [1.82, 2.24) is 0 Å². The molecule has 1 unspecified atom stereocenters. The smallest absolute Gasteiger partial charge is 0.147 e. The summed E-state index contributed by atoms with van der Waals surface area (Å²) >= 11 is 0. The predicted molar refractivity (Wildman–Crippen MR) is 168 cm³/mol. The molecule has 270 valence electrons. The minimum atomic E-state index is -0.159. The molecular weight excluding hydrogens is 608 g/mol. The molecule has 0 saturated carbocycles. The summed E-state index contributed by atoms with van der Waals surface area (Å²) in [7, 11) is 0. The third-order valence-corrected chi connectivity index (χ3v) is 5.82. The van der Waals surface area contributed by atoms with E-state index in [1.807, 2.05) is 18.2 Å². The molecule has 1 aromatic rings. The van der Waals surface area contributed by atoms with Crippen LogP contribution in [0.3, 0.4) is 0 Å². The van der Waals surface area contributed by atoms with E-state index in [9.17, 15) is 0 Å². The SMILES string of the molecule is OCCOCCOCCOCCOCCOCCOCC(Cc1ccccc1)OCOCCOCCOCCOCCOCCO. The van der Waals surface area contributed by atoms with Crippen molar-refractivity contribution in [2.75, 3.05) is 159 Å². The van der Waals surface area contributed by atoms with E-state index in [2.05, 4.69) is 12.1 Å². The van der Waals surface area contributed by atoms with Gasteiger partial charge in [0.25, 0.3) is 0 Å². The highest BCUT2D eigenvalue weighted by Gasteiger charge is 2.11. The zero-order valence-corrected chi connectivity index (χ0v) is 27.4. The number of aliphatic hydroxyl groups is 2. The van der Waals surface area contributed by atoms with Crippen LogP contribution in [0.25, 0.3) is 0 Å². The average molecular weight is 667 g/mol. The topological polar surface area (TPSA) is 151 Å². The molecule has 0 amide bonds. The average Bonchev–Trinajstić information content (AvgIpc) is 3.07. The second-order valence-corrected chi connectivity index (χ2v) is 9.54. The highest BCUT2D eigenvalue weighted by Crippen LogP contribution is 2.07. The molecule has 46 heavy (non-hydrogen) atoms. The summed E-state index contributed by atoms with van der Waals surface area (Å²) in [6.45, 7) is 9.73. The van der Waals surface area contributed by atoms with E-state index < -0.39 is 0 Å². The van der Waals surface area contributed by atoms with Crippen molar-refractivity contribution in [2.24, 2.45) is 0 Å².